The number of sulfone groups is 1. The standard InChI is InChI=1S/C17H15NO3S/c1-18-15-8-7-11(21-2)9-13(15)14-10-22(19,20)16-6-4-3-5-12(16)17(14)18/h3-9H,10H2,1-2H3. The molecule has 5 heteroatoms. The lowest BCUT2D eigenvalue weighted by Gasteiger charge is -2.18. The second-order valence-electron chi connectivity index (χ2n) is 5.52. The van der Waals surface area contributed by atoms with Crippen molar-refractivity contribution in [1.29, 1.82) is 0 Å². The molecule has 0 aliphatic carbocycles. The van der Waals surface area contributed by atoms with Crippen LogP contribution in [0.25, 0.3) is 22.2 Å². The maximum Gasteiger partial charge on any atom is 0.183 e. The van der Waals surface area contributed by atoms with Crippen LogP contribution < -0.4 is 4.74 Å². The summed E-state index contributed by atoms with van der Waals surface area (Å²) in [5.74, 6) is 0.765. The summed E-state index contributed by atoms with van der Waals surface area (Å²) in [5, 5.41) is 0.940. The summed E-state index contributed by atoms with van der Waals surface area (Å²) < 4.78 is 32.6. The fraction of sp³-hybridized carbons (Fsp3) is 0.176. The highest BCUT2D eigenvalue weighted by Gasteiger charge is 2.31. The third kappa shape index (κ3) is 1.66. The van der Waals surface area contributed by atoms with Gasteiger partial charge in [0.05, 0.1) is 23.5 Å². The molecular weight excluding hydrogens is 298 g/mol. The summed E-state index contributed by atoms with van der Waals surface area (Å²) >= 11 is 0. The van der Waals surface area contributed by atoms with Crippen LogP contribution in [-0.4, -0.2) is 20.1 Å². The SMILES string of the molecule is COc1ccc2c(c1)c1c(n2C)-c2ccccc2S(=O)(=O)C1. The van der Waals surface area contributed by atoms with Crippen LogP contribution in [0.4, 0.5) is 0 Å². The van der Waals surface area contributed by atoms with Gasteiger partial charge in [-0.2, -0.15) is 0 Å². The average Bonchev–Trinajstić information content (AvgIpc) is 2.79. The molecule has 0 saturated carbocycles. The minimum atomic E-state index is -3.31. The van der Waals surface area contributed by atoms with Crippen LogP contribution in [-0.2, 0) is 22.6 Å². The molecule has 0 spiro atoms. The second kappa shape index (κ2) is 4.36. The smallest absolute Gasteiger partial charge is 0.183 e. The Morgan fingerprint density at radius 1 is 1.14 bits per heavy atom. The van der Waals surface area contributed by atoms with Crippen molar-refractivity contribution in [2.45, 2.75) is 10.6 Å². The van der Waals surface area contributed by atoms with Gasteiger partial charge in [-0.1, -0.05) is 18.2 Å². The minimum Gasteiger partial charge on any atom is -0.497 e. The number of aromatic nitrogens is 1. The summed E-state index contributed by atoms with van der Waals surface area (Å²) in [6, 6.07) is 13.0. The topological polar surface area (TPSA) is 48.3 Å². The molecule has 0 atom stereocenters. The second-order valence-corrected chi connectivity index (χ2v) is 7.48. The van der Waals surface area contributed by atoms with Crippen LogP contribution in [0.1, 0.15) is 5.56 Å². The zero-order valence-electron chi connectivity index (χ0n) is 12.3. The predicted molar refractivity (Wildman–Crippen MR) is 85.8 cm³/mol. The summed E-state index contributed by atoms with van der Waals surface area (Å²) in [4.78, 5) is 0.417. The molecule has 0 fully saturated rings. The molecule has 4 nitrogen and oxygen atoms in total. The van der Waals surface area contributed by atoms with Crippen LogP contribution in [0.3, 0.4) is 0 Å². The molecule has 22 heavy (non-hydrogen) atoms. The van der Waals surface area contributed by atoms with Gasteiger partial charge in [-0.15, -0.1) is 0 Å². The Morgan fingerprint density at radius 3 is 2.68 bits per heavy atom. The molecule has 0 unspecified atom stereocenters. The van der Waals surface area contributed by atoms with Crippen molar-refractivity contribution in [3.05, 3.63) is 48.0 Å². The van der Waals surface area contributed by atoms with E-state index in [2.05, 4.69) is 4.57 Å². The summed E-state index contributed by atoms with van der Waals surface area (Å²) in [7, 11) is 0.281. The molecule has 1 aliphatic heterocycles. The Hall–Kier alpha value is -2.27. The molecule has 1 aliphatic rings. The molecule has 2 heterocycles. The van der Waals surface area contributed by atoms with Gasteiger partial charge in [-0.3, -0.25) is 0 Å². The van der Waals surface area contributed by atoms with E-state index in [1.54, 1.807) is 19.2 Å². The van der Waals surface area contributed by atoms with Crippen molar-refractivity contribution in [2.24, 2.45) is 7.05 Å². The van der Waals surface area contributed by atoms with Gasteiger partial charge in [0.1, 0.15) is 5.75 Å². The molecule has 0 saturated heterocycles. The van der Waals surface area contributed by atoms with Gasteiger partial charge < -0.3 is 9.30 Å². The Labute approximate surface area is 128 Å². The van der Waals surface area contributed by atoms with E-state index in [0.717, 1.165) is 33.5 Å². The van der Waals surface area contributed by atoms with Gasteiger partial charge in [-0.25, -0.2) is 8.42 Å². The first-order valence-electron chi connectivity index (χ1n) is 7.00. The number of benzene rings is 2. The number of methoxy groups -OCH3 is 1. The fourth-order valence-electron chi connectivity index (χ4n) is 3.32. The number of hydrogen-bond acceptors (Lipinski definition) is 3. The van der Waals surface area contributed by atoms with Gasteiger partial charge in [-0.05, 0) is 24.3 Å². The molecule has 0 bridgehead atoms. The lowest BCUT2D eigenvalue weighted by Crippen LogP contribution is -2.13. The number of rotatable bonds is 1. The molecule has 112 valence electrons. The first-order valence-corrected chi connectivity index (χ1v) is 8.65. The molecule has 4 rings (SSSR count). The van der Waals surface area contributed by atoms with Gasteiger partial charge in [0.15, 0.2) is 9.84 Å². The number of fused-ring (bicyclic) bond motifs is 5. The number of ether oxygens (including phenoxy) is 1. The molecule has 2 aromatic carbocycles. The lowest BCUT2D eigenvalue weighted by atomic mass is 10.1. The third-order valence-electron chi connectivity index (χ3n) is 4.32. The van der Waals surface area contributed by atoms with Crippen molar-refractivity contribution < 1.29 is 13.2 Å². The molecule has 3 aromatic rings. The van der Waals surface area contributed by atoms with Crippen LogP contribution in [0, 0.1) is 0 Å². The molecule has 0 amide bonds. The highest BCUT2D eigenvalue weighted by atomic mass is 32.2. The van der Waals surface area contributed by atoms with Crippen molar-refractivity contribution in [3.8, 4) is 17.0 Å². The van der Waals surface area contributed by atoms with E-state index in [0.29, 0.717) is 4.90 Å². The lowest BCUT2D eigenvalue weighted by molar-refractivity contribution is 0.415. The Morgan fingerprint density at radius 2 is 1.91 bits per heavy atom. The molecule has 0 radical (unpaired) electrons. The quantitative estimate of drug-likeness (QED) is 0.693. The maximum absolute atomic E-state index is 12.6. The number of nitrogens with zero attached hydrogens (tertiary/aromatic N) is 1. The van der Waals surface area contributed by atoms with Crippen molar-refractivity contribution in [1.82, 2.24) is 4.57 Å². The molecular formula is C17H15NO3S. The third-order valence-corrected chi connectivity index (χ3v) is 6.02. The predicted octanol–water partition coefficient (Wildman–Crippen LogP) is 3.14. The molecule has 0 N–H and O–H groups in total. The van der Waals surface area contributed by atoms with E-state index >= 15 is 0 Å². The van der Waals surface area contributed by atoms with Gasteiger partial charge in [0, 0.05) is 29.1 Å². The van der Waals surface area contributed by atoms with E-state index in [4.69, 9.17) is 4.74 Å². The van der Waals surface area contributed by atoms with E-state index < -0.39 is 9.84 Å². The summed E-state index contributed by atoms with van der Waals surface area (Å²) in [6.07, 6.45) is 0. The zero-order chi connectivity index (χ0) is 15.5. The van der Waals surface area contributed by atoms with Gasteiger partial charge in [0.2, 0.25) is 0 Å². The summed E-state index contributed by atoms with van der Waals surface area (Å²) in [5.41, 5.74) is 3.63. The Kier molecular flexibility index (Phi) is 2.66. The largest absolute Gasteiger partial charge is 0.497 e. The minimum absolute atomic E-state index is 0.0316. The monoisotopic (exact) mass is 313 g/mol. The molecule has 1 aromatic heterocycles. The van der Waals surface area contributed by atoms with Crippen molar-refractivity contribution in [3.63, 3.8) is 0 Å². The number of hydrogen-bond donors (Lipinski definition) is 0. The summed E-state index contributed by atoms with van der Waals surface area (Å²) in [6.45, 7) is 0. The Balaban J connectivity index is 2.17. The van der Waals surface area contributed by atoms with Gasteiger partial charge in [0.25, 0.3) is 0 Å². The maximum atomic E-state index is 12.6. The normalized spacial score (nSPS) is 15.4. The zero-order valence-corrected chi connectivity index (χ0v) is 13.1. The van der Waals surface area contributed by atoms with Crippen LogP contribution in [0.2, 0.25) is 0 Å². The van der Waals surface area contributed by atoms with Crippen molar-refractivity contribution >= 4 is 20.7 Å². The van der Waals surface area contributed by atoms with E-state index in [1.807, 2.05) is 37.4 Å². The highest BCUT2D eigenvalue weighted by molar-refractivity contribution is 7.91. The number of aryl methyl sites for hydroxylation is 1. The highest BCUT2D eigenvalue weighted by Crippen LogP contribution is 2.43. The Bertz CT molecular complexity index is 1020. The average molecular weight is 313 g/mol. The van der Waals surface area contributed by atoms with Crippen molar-refractivity contribution in [2.75, 3.05) is 7.11 Å². The van der Waals surface area contributed by atoms with Crippen LogP contribution in [0.5, 0.6) is 5.75 Å². The van der Waals surface area contributed by atoms with Crippen LogP contribution in [0.15, 0.2) is 47.4 Å². The van der Waals surface area contributed by atoms with Crippen LogP contribution >= 0.6 is 0 Å². The van der Waals surface area contributed by atoms with E-state index in [-0.39, 0.29) is 5.75 Å². The van der Waals surface area contributed by atoms with E-state index in [1.165, 1.54) is 0 Å². The first kappa shape index (κ1) is 13.4. The van der Waals surface area contributed by atoms with Gasteiger partial charge >= 0.3 is 0 Å². The van der Waals surface area contributed by atoms with E-state index in [9.17, 15) is 8.42 Å². The fourth-order valence-corrected chi connectivity index (χ4v) is 4.93. The first-order chi connectivity index (χ1) is 10.5.